The molecule has 0 radical (unpaired) electrons. The van der Waals surface area contributed by atoms with E-state index in [1.165, 1.54) is 0 Å². The number of carbonyl (C=O) groups excluding carboxylic acids is 2. The molecule has 1 atom stereocenters. The normalized spacial score (nSPS) is 21.1. The number of carbonyl (C=O) groups is 2. The van der Waals surface area contributed by atoms with Gasteiger partial charge in [-0.25, -0.2) is 0 Å². The minimum Gasteiger partial charge on any atom is -0.397 e. The van der Waals surface area contributed by atoms with Crippen LogP contribution in [0.1, 0.15) is 24.8 Å². The highest BCUT2D eigenvalue weighted by Gasteiger charge is 2.21. The molecule has 0 bridgehead atoms. The highest BCUT2D eigenvalue weighted by Crippen LogP contribution is 2.31. The first-order chi connectivity index (χ1) is 9.61. The topological polar surface area (TPSA) is 96.2 Å². The summed E-state index contributed by atoms with van der Waals surface area (Å²) in [5.41, 5.74) is 9.40. The first-order valence-corrected chi connectivity index (χ1v) is 6.87. The van der Waals surface area contributed by atoms with Gasteiger partial charge in [-0.1, -0.05) is 0 Å². The Labute approximate surface area is 117 Å². The van der Waals surface area contributed by atoms with Gasteiger partial charge < -0.3 is 21.7 Å². The Balaban J connectivity index is 1.71. The van der Waals surface area contributed by atoms with E-state index in [9.17, 15) is 9.59 Å². The van der Waals surface area contributed by atoms with Gasteiger partial charge in [0.05, 0.1) is 11.4 Å². The Bertz CT molecular complexity index is 571. The van der Waals surface area contributed by atoms with Crippen LogP contribution in [0.3, 0.4) is 0 Å². The number of nitrogen functional groups attached to an aromatic ring is 1. The van der Waals surface area contributed by atoms with E-state index in [2.05, 4.69) is 16.0 Å². The van der Waals surface area contributed by atoms with E-state index < -0.39 is 0 Å². The van der Waals surface area contributed by atoms with Crippen LogP contribution in [0.25, 0.3) is 0 Å². The van der Waals surface area contributed by atoms with Gasteiger partial charge in [0.25, 0.3) is 0 Å². The summed E-state index contributed by atoms with van der Waals surface area (Å²) < 4.78 is 0. The van der Waals surface area contributed by atoms with Gasteiger partial charge in [-0.05, 0) is 30.5 Å². The number of amides is 2. The van der Waals surface area contributed by atoms with Gasteiger partial charge in [-0.15, -0.1) is 0 Å². The molecule has 20 heavy (non-hydrogen) atoms. The molecule has 6 nitrogen and oxygen atoms in total. The third kappa shape index (κ3) is 2.54. The number of hydrogen-bond donors (Lipinski definition) is 4. The summed E-state index contributed by atoms with van der Waals surface area (Å²) in [5.74, 6) is 0.138. The molecule has 2 heterocycles. The standard InChI is InChI=1S/C14H18N4O2/c15-10-5-8-1-3-14(20)18-11(8)6-12(10)16-7-9-2-4-13(19)17-9/h5-6,9,16H,1-4,7,15H2,(H,17,19)(H,18,20). The molecule has 5 N–H and O–H groups in total. The van der Waals surface area contributed by atoms with E-state index in [1.54, 1.807) is 0 Å². The number of rotatable bonds is 3. The van der Waals surface area contributed by atoms with Crippen molar-refractivity contribution in [3.8, 4) is 0 Å². The van der Waals surface area contributed by atoms with Gasteiger partial charge >= 0.3 is 0 Å². The zero-order valence-electron chi connectivity index (χ0n) is 11.2. The van der Waals surface area contributed by atoms with E-state index in [-0.39, 0.29) is 17.9 Å². The molecule has 106 valence electrons. The SMILES string of the molecule is Nc1cc2c(cc1NCC1CCC(=O)N1)NC(=O)CC2. The Hall–Kier alpha value is -2.24. The average molecular weight is 274 g/mol. The maximum Gasteiger partial charge on any atom is 0.224 e. The fourth-order valence-electron chi connectivity index (χ4n) is 2.66. The van der Waals surface area contributed by atoms with Crippen molar-refractivity contribution in [2.45, 2.75) is 31.7 Å². The van der Waals surface area contributed by atoms with Crippen LogP contribution < -0.4 is 21.7 Å². The monoisotopic (exact) mass is 274 g/mol. The van der Waals surface area contributed by atoms with Crippen molar-refractivity contribution in [2.75, 3.05) is 22.9 Å². The third-order valence-corrected chi connectivity index (χ3v) is 3.79. The lowest BCUT2D eigenvalue weighted by Gasteiger charge is -2.20. The van der Waals surface area contributed by atoms with Crippen molar-refractivity contribution in [1.82, 2.24) is 5.32 Å². The summed E-state index contributed by atoms with van der Waals surface area (Å²) in [6.07, 6.45) is 2.66. The number of nitrogens with one attached hydrogen (secondary N) is 3. The zero-order valence-corrected chi connectivity index (χ0v) is 11.2. The largest absolute Gasteiger partial charge is 0.397 e. The lowest BCUT2D eigenvalue weighted by molar-refractivity contribution is -0.119. The van der Waals surface area contributed by atoms with E-state index >= 15 is 0 Å². The van der Waals surface area contributed by atoms with Gasteiger partial charge in [-0.2, -0.15) is 0 Å². The second-order valence-corrected chi connectivity index (χ2v) is 5.33. The molecule has 2 amide bonds. The lowest BCUT2D eigenvalue weighted by Crippen LogP contribution is -2.32. The molecule has 3 rings (SSSR count). The Kier molecular flexibility index (Phi) is 3.22. The first-order valence-electron chi connectivity index (χ1n) is 6.87. The van der Waals surface area contributed by atoms with Crippen molar-refractivity contribution in [3.63, 3.8) is 0 Å². The van der Waals surface area contributed by atoms with Crippen LogP contribution in [0.4, 0.5) is 17.1 Å². The number of anilines is 3. The molecule has 0 saturated carbocycles. The maximum absolute atomic E-state index is 11.4. The highest BCUT2D eigenvalue weighted by atomic mass is 16.2. The molecular formula is C14H18N4O2. The van der Waals surface area contributed by atoms with Crippen LogP contribution in [-0.2, 0) is 16.0 Å². The third-order valence-electron chi connectivity index (χ3n) is 3.79. The number of fused-ring (bicyclic) bond motifs is 1. The van der Waals surface area contributed by atoms with Crippen LogP contribution in [-0.4, -0.2) is 24.4 Å². The van der Waals surface area contributed by atoms with Gasteiger partial charge in [0.1, 0.15) is 0 Å². The molecule has 2 aliphatic heterocycles. The summed E-state index contributed by atoms with van der Waals surface area (Å²) in [7, 11) is 0. The molecule has 1 saturated heterocycles. The van der Waals surface area contributed by atoms with Crippen LogP contribution in [0.5, 0.6) is 0 Å². The van der Waals surface area contributed by atoms with Crippen LogP contribution in [0, 0.1) is 0 Å². The van der Waals surface area contributed by atoms with Gasteiger partial charge in [-0.3, -0.25) is 9.59 Å². The minimum atomic E-state index is 0.0382. The van der Waals surface area contributed by atoms with Crippen molar-refractivity contribution in [3.05, 3.63) is 17.7 Å². The molecule has 6 heteroatoms. The van der Waals surface area contributed by atoms with Gasteiger partial charge in [0, 0.05) is 31.1 Å². The lowest BCUT2D eigenvalue weighted by atomic mass is 10.0. The summed E-state index contributed by atoms with van der Waals surface area (Å²) in [6, 6.07) is 3.93. The van der Waals surface area contributed by atoms with Gasteiger partial charge in [0.15, 0.2) is 0 Å². The number of nitrogens with two attached hydrogens (primary N) is 1. The summed E-state index contributed by atoms with van der Waals surface area (Å²) >= 11 is 0. The molecule has 2 aliphatic rings. The fourth-order valence-corrected chi connectivity index (χ4v) is 2.66. The molecule has 0 aliphatic carbocycles. The van der Waals surface area contributed by atoms with Crippen molar-refractivity contribution < 1.29 is 9.59 Å². The predicted molar refractivity (Wildman–Crippen MR) is 77.5 cm³/mol. The van der Waals surface area contributed by atoms with Crippen molar-refractivity contribution in [1.29, 1.82) is 0 Å². The van der Waals surface area contributed by atoms with E-state index in [1.807, 2.05) is 12.1 Å². The molecule has 0 aromatic heterocycles. The Morgan fingerprint density at radius 1 is 1.20 bits per heavy atom. The van der Waals surface area contributed by atoms with Gasteiger partial charge in [0.2, 0.25) is 11.8 Å². The Morgan fingerprint density at radius 3 is 2.80 bits per heavy atom. The smallest absolute Gasteiger partial charge is 0.224 e. The summed E-state index contributed by atoms with van der Waals surface area (Å²) in [6.45, 7) is 0.642. The second kappa shape index (κ2) is 5.03. The Morgan fingerprint density at radius 2 is 2.05 bits per heavy atom. The predicted octanol–water partition coefficient (Wildman–Crippen LogP) is 0.844. The van der Waals surface area contributed by atoms with E-state index in [4.69, 9.17) is 5.73 Å². The molecule has 1 fully saturated rings. The molecule has 1 aromatic rings. The molecule has 0 spiro atoms. The minimum absolute atomic E-state index is 0.0382. The van der Waals surface area contributed by atoms with E-state index in [0.29, 0.717) is 25.1 Å². The summed E-state index contributed by atoms with van der Waals surface area (Å²) in [5, 5.41) is 9.01. The summed E-state index contributed by atoms with van der Waals surface area (Å²) in [4.78, 5) is 22.6. The number of aryl methyl sites for hydroxylation is 1. The quantitative estimate of drug-likeness (QED) is 0.614. The zero-order chi connectivity index (χ0) is 14.1. The average Bonchev–Trinajstić information content (AvgIpc) is 2.83. The number of hydrogen-bond acceptors (Lipinski definition) is 4. The number of benzene rings is 1. The second-order valence-electron chi connectivity index (χ2n) is 5.33. The molecule has 1 aromatic carbocycles. The van der Waals surface area contributed by atoms with Crippen LogP contribution >= 0.6 is 0 Å². The van der Waals surface area contributed by atoms with E-state index in [0.717, 1.165) is 29.8 Å². The van der Waals surface area contributed by atoms with Crippen molar-refractivity contribution in [2.24, 2.45) is 0 Å². The van der Waals surface area contributed by atoms with Crippen LogP contribution in [0.15, 0.2) is 12.1 Å². The fraction of sp³-hybridized carbons (Fsp3) is 0.429. The molecular weight excluding hydrogens is 256 g/mol. The van der Waals surface area contributed by atoms with Crippen LogP contribution in [0.2, 0.25) is 0 Å². The first kappa shape index (κ1) is 12.8. The maximum atomic E-state index is 11.4. The van der Waals surface area contributed by atoms with Crippen molar-refractivity contribution >= 4 is 28.9 Å². The highest BCUT2D eigenvalue weighted by molar-refractivity contribution is 5.95. The molecule has 1 unspecified atom stereocenters.